The summed E-state index contributed by atoms with van der Waals surface area (Å²) >= 11 is 12.4. The second kappa shape index (κ2) is 7.28. The molecule has 20 heavy (non-hydrogen) atoms. The highest BCUT2D eigenvalue weighted by atomic mass is 35.5. The maximum Gasteiger partial charge on any atom is 0.175 e. The van der Waals surface area contributed by atoms with Gasteiger partial charge in [0.1, 0.15) is 5.38 Å². The Kier molecular flexibility index (Phi) is 5.40. The van der Waals surface area contributed by atoms with Gasteiger partial charge < -0.3 is 0 Å². The highest BCUT2D eigenvalue weighted by Crippen LogP contribution is 2.28. The van der Waals surface area contributed by atoms with Gasteiger partial charge in [0.05, 0.1) is 5.38 Å². The van der Waals surface area contributed by atoms with Crippen molar-refractivity contribution in [2.75, 3.05) is 0 Å². The largest absolute Gasteiger partial charge is 0.293 e. The third-order valence-electron chi connectivity index (χ3n) is 2.89. The molecule has 0 aromatic heterocycles. The Morgan fingerprint density at radius 1 is 0.900 bits per heavy atom. The lowest BCUT2D eigenvalue weighted by molar-refractivity contribution is -0.114. The maximum atomic E-state index is 12.0. The molecule has 0 amide bonds. The van der Waals surface area contributed by atoms with Crippen LogP contribution in [-0.2, 0) is 4.79 Å². The summed E-state index contributed by atoms with van der Waals surface area (Å²) < 4.78 is 0. The third kappa shape index (κ3) is 3.96. The first-order valence-corrected chi connectivity index (χ1v) is 7.16. The number of hydrogen-bond donors (Lipinski definition) is 0. The number of benzene rings is 2. The minimum atomic E-state index is -0.779. The molecule has 0 heterocycles. The van der Waals surface area contributed by atoms with Crippen LogP contribution in [0.15, 0.2) is 66.7 Å². The van der Waals surface area contributed by atoms with Gasteiger partial charge in [0, 0.05) is 0 Å². The summed E-state index contributed by atoms with van der Waals surface area (Å²) in [5.74, 6) is -0.195. The predicted octanol–water partition coefficient (Wildman–Crippen LogP) is 4.86. The molecule has 102 valence electrons. The Balaban J connectivity index is 2.04. The molecule has 0 radical (unpaired) electrons. The Labute approximate surface area is 128 Å². The van der Waals surface area contributed by atoms with Crippen LogP contribution >= 0.6 is 23.2 Å². The molecule has 0 N–H and O–H groups in total. The van der Waals surface area contributed by atoms with E-state index in [9.17, 15) is 4.79 Å². The van der Waals surface area contributed by atoms with Crippen molar-refractivity contribution in [3.63, 3.8) is 0 Å². The van der Waals surface area contributed by atoms with Crippen LogP contribution in [0.5, 0.6) is 0 Å². The van der Waals surface area contributed by atoms with Crippen molar-refractivity contribution in [1.82, 2.24) is 0 Å². The average molecular weight is 305 g/mol. The van der Waals surface area contributed by atoms with Crippen LogP contribution in [0.3, 0.4) is 0 Å². The summed E-state index contributed by atoms with van der Waals surface area (Å²) in [4.78, 5) is 12.0. The van der Waals surface area contributed by atoms with Crippen LogP contribution in [0, 0.1) is 0 Å². The molecule has 2 unspecified atom stereocenters. The predicted molar refractivity (Wildman–Crippen MR) is 85.2 cm³/mol. The standard InChI is InChI=1S/C17H14Cl2O/c18-16(14-9-5-2-6-10-14)17(19)15(20)12-11-13-7-3-1-4-8-13/h1-12,16-17H. The molecule has 0 bridgehead atoms. The summed E-state index contributed by atoms with van der Waals surface area (Å²) in [5.41, 5.74) is 1.80. The van der Waals surface area contributed by atoms with E-state index < -0.39 is 10.8 Å². The molecular formula is C17H14Cl2O. The van der Waals surface area contributed by atoms with Crippen LogP contribution < -0.4 is 0 Å². The van der Waals surface area contributed by atoms with Crippen LogP contribution in [0.4, 0.5) is 0 Å². The van der Waals surface area contributed by atoms with E-state index in [1.54, 1.807) is 6.08 Å². The lowest BCUT2D eigenvalue weighted by atomic mass is 10.1. The van der Waals surface area contributed by atoms with E-state index in [1.165, 1.54) is 6.08 Å². The van der Waals surface area contributed by atoms with Crippen LogP contribution in [-0.4, -0.2) is 11.2 Å². The summed E-state index contributed by atoms with van der Waals surface area (Å²) in [6.45, 7) is 0. The molecule has 0 fully saturated rings. The van der Waals surface area contributed by atoms with Gasteiger partial charge in [0.25, 0.3) is 0 Å². The summed E-state index contributed by atoms with van der Waals surface area (Å²) in [7, 11) is 0. The molecule has 2 aromatic rings. The van der Waals surface area contributed by atoms with E-state index in [-0.39, 0.29) is 5.78 Å². The molecule has 0 aliphatic rings. The van der Waals surface area contributed by atoms with E-state index in [0.717, 1.165) is 11.1 Å². The second-order valence-electron chi connectivity index (χ2n) is 4.36. The van der Waals surface area contributed by atoms with E-state index >= 15 is 0 Å². The molecule has 2 rings (SSSR count). The summed E-state index contributed by atoms with van der Waals surface area (Å²) in [6.07, 6.45) is 3.22. The van der Waals surface area contributed by atoms with Crippen LogP contribution in [0.25, 0.3) is 6.08 Å². The SMILES string of the molecule is O=C(C=Cc1ccccc1)C(Cl)C(Cl)c1ccccc1. The number of allylic oxidation sites excluding steroid dienone is 1. The molecular weight excluding hydrogens is 291 g/mol. The molecule has 0 saturated heterocycles. The van der Waals surface area contributed by atoms with Gasteiger partial charge in [-0.05, 0) is 17.2 Å². The molecule has 0 spiro atoms. The summed E-state index contributed by atoms with van der Waals surface area (Å²) in [5, 5.41) is -1.31. The number of hydrogen-bond acceptors (Lipinski definition) is 1. The fraction of sp³-hybridized carbons (Fsp3) is 0.118. The molecule has 0 saturated carbocycles. The second-order valence-corrected chi connectivity index (χ2v) is 5.30. The van der Waals surface area contributed by atoms with Crippen molar-refractivity contribution < 1.29 is 4.79 Å². The molecule has 0 aliphatic heterocycles. The van der Waals surface area contributed by atoms with Crippen molar-refractivity contribution in [1.29, 1.82) is 0 Å². The Morgan fingerprint density at radius 3 is 2.05 bits per heavy atom. The molecule has 0 aliphatic carbocycles. The zero-order valence-corrected chi connectivity index (χ0v) is 12.3. The van der Waals surface area contributed by atoms with Gasteiger partial charge in [-0.25, -0.2) is 0 Å². The highest BCUT2D eigenvalue weighted by molar-refractivity contribution is 6.39. The van der Waals surface area contributed by atoms with Crippen molar-refractivity contribution in [2.45, 2.75) is 10.8 Å². The number of halogens is 2. The minimum Gasteiger partial charge on any atom is -0.293 e. The van der Waals surface area contributed by atoms with Crippen LogP contribution in [0.1, 0.15) is 16.5 Å². The molecule has 3 heteroatoms. The van der Waals surface area contributed by atoms with E-state index in [4.69, 9.17) is 23.2 Å². The number of carbonyl (C=O) groups excluding carboxylic acids is 1. The Bertz CT molecular complexity index is 578. The van der Waals surface area contributed by atoms with E-state index in [2.05, 4.69) is 0 Å². The number of rotatable bonds is 5. The highest BCUT2D eigenvalue weighted by Gasteiger charge is 2.23. The number of ketones is 1. The van der Waals surface area contributed by atoms with Crippen molar-refractivity contribution in [3.05, 3.63) is 77.9 Å². The van der Waals surface area contributed by atoms with Gasteiger partial charge >= 0.3 is 0 Å². The normalized spacial score (nSPS) is 14.1. The monoisotopic (exact) mass is 304 g/mol. The Hall–Kier alpha value is -1.57. The van der Waals surface area contributed by atoms with E-state index in [1.807, 2.05) is 60.7 Å². The number of alkyl halides is 2. The lowest BCUT2D eigenvalue weighted by Crippen LogP contribution is -2.17. The number of carbonyl (C=O) groups is 1. The molecule has 1 nitrogen and oxygen atoms in total. The Morgan fingerprint density at radius 2 is 1.45 bits per heavy atom. The first kappa shape index (κ1) is 14.8. The summed E-state index contributed by atoms with van der Waals surface area (Å²) in [6, 6.07) is 19.0. The van der Waals surface area contributed by atoms with Crippen LogP contribution in [0.2, 0.25) is 0 Å². The van der Waals surface area contributed by atoms with Gasteiger partial charge in [-0.2, -0.15) is 0 Å². The van der Waals surface area contributed by atoms with Gasteiger partial charge in [-0.1, -0.05) is 66.7 Å². The fourth-order valence-electron chi connectivity index (χ4n) is 1.78. The maximum absolute atomic E-state index is 12.0. The average Bonchev–Trinajstić information content (AvgIpc) is 2.53. The zero-order valence-electron chi connectivity index (χ0n) is 10.7. The van der Waals surface area contributed by atoms with Gasteiger partial charge in [0.2, 0.25) is 0 Å². The quantitative estimate of drug-likeness (QED) is 0.569. The van der Waals surface area contributed by atoms with Gasteiger partial charge in [-0.3, -0.25) is 4.79 Å². The molecule has 2 atom stereocenters. The molecule has 2 aromatic carbocycles. The lowest BCUT2D eigenvalue weighted by Gasteiger charge is -2.13. The van der Waals surface area contributed by atoms with Crippen molar-refractivity contribution in [3.8, 4) is 0 Å². The zero-order chi connectivity index (χ0) is 14.4. The van der Waals surface area contributed by atoms with Crippen molar-refractivity contribution >= 4 is 35.1 Å². The smallest absolute Gasteiger partial charge is 0.175 e. The first-order valence-electron chi connectivity index (χ1n) is 6.28. The first-order chi connectivity index (χ1) is 9.68. The minimum absolute atomic E-state index is 0.195. The van der Waals surface area contributed by atoms with E-state index in [0.29, 0.717) is 0 Å². The van der Waals surface area contributed by atoms with Crippen molar-refractivity contribution in [2.24, 2.45) is 0 Å². The van der Waals surface area contributed by atoms with Gasteiger partial charge in [0.15, 0.2) is 5.78 Å². The van der Waals surface area contributed by atoms with Gasteiger partial charge in [-0.15, -0.1) is 23.2 Å². The fourth-order valence-corrected chi connectivity index (χ4v) is 2.27. The third-order valence-corrected chi connectivity index (χ3v) is 3.99. The topological polar surface area (TPSA) is 17.1 Å².